The number of rotatable bonds is 4. The van der Waals surface area contributed by atoms with E-state index in [1.54, 1.807) is 0 Å². The first-order valence-corrected chi connectivity index (χ1v) is 6.17. The van der Waals surface area contributed by atoms with Gasteiger partial charge in [-0.2, -0.15) is 0 Å². The van der Waals surface area contributed by atoms with Gasteiger partial charge in [-0.25, -0.2) is 0 Å². The Bertz CT molecular complexity index is 419. The number of aliphatic hydroxyl groups is 1. The van der Waals surface area contributed by atoms with Crippen LogP contribution in [0, 0.1) is 10.1 Å². The van der Waals surface area contributed by atoms with Crippen LogP contribution in [0.5, 0.6) is 0 Å². The molecule has 0 heterocycles. The van der Waals surface area contributed by atoms with Gasteiger partial charge >= 0.3 is 0 Å². The van der Waals surface area contributed by atoms with Gasteiger partial charge in [-0.3, -0.25) is 10.1 Å². The molecule has 1 aromatic carbocycles. The molecule has 4 N–H and O–H groups in total. The lowest BCUT2D eigenvalue weighted by Gasteiger charge is -2.19. The first-order chi connectivity index (χ1) is 8.21. The minimum Gasteiger partial charge on any atom is -0.388 e. The number of non-ortho nitro benzene ring substituents is 1. The fourth-order valence-corrected chi connectivity index (χ4v) is 1.62. The molecule has 0 aliphatic heterocycles. The number of benzene rings is 1. The minimum atomic E-state index is -1.55. The van der Waals surface area contributed by atoms with Crippen molar-refractivity contribution in [1.29, 1.82) is 0 Å². The summed E-state index contributed by atoms with van der Waals surface area (Å²) in [6, 6.07) is 4.97. The van der Waals surface area contributed by atoms with Crippen LogP contribution in [0.25, 0.3) is 0 Å². The molecule has 1 aromatic rings. The van der Waals surface area contributed by atoms with Crippen LogP contribution in [-0.4, -0.2) is 19.9 Å². The number of hydrogen-bond donors (Lipinski definition) is 2. The van der Waals surface area contributed by atoms with E-state index in [-0.39, 0.29) is 12.1 Å². The van der Waals surface area contributed by atoms with Gasteiger partial charge in [0.05, 0.1) is 11.0 Å². The van der Waals surface area contributed by atoms with E-state index in [0.29, 0.717) is 5.56 Å². The highest BCUT2D eigenvalue weighted by molar-refractivity contribution is 6.68. The summed E-state index contributed by atoms with van der Waals surface area (Å²) < 4.78 is -1.55. The molecular weight excluding hydrogens is 302 g/mol. The van der Waals surface area contributed by atoms with Crippen LogP contribution in [0.1, 0.15) is 18.1 Å². The molecule has 0 spiro atoms. The maximum Gasteiger partial charge on any atom is 0.269 e. The number of quaternary nitrogens is 1. The Balaban J connectivity index is 2.73. The summed E-state index contributed by atoms with van der Waals surface area (Å²) in [5.74, 6) is 0. The quantitative estimate of drug-likeness (QED) is 0.506. The number of nitro groups is 1. The highest BCUT2D eigenvalue weighted by Gasteiger charge is 2.34. The molecule has 8 heteroatoms. The van der Waals surface area contributed by atoms with Gasteiger partial charge in [0.1, 0.15) is 6.04 Å². The molecule has 0 bridgehead atoms. The van der Waals surface area contributed by atoms with Gasteiger partial charge in [-0.15, -0.1) is 0 Å². The molecule has 0 unspecified atom stereocenters. The van der Waals surface area contributed by atoms with Crippen LogP contribution < -0.4 is 5.73 Å². The molecular formula is C10H12Cl3N2O3+. The van der Waals surface area contributed by atoms with Crippen LogP contribution in [0.2, 0.25) is 0 Å². The molecule has 0 aliphatic rings. The standard InChI is InChI=1S/C10H11Cl3N2O3/c11-10(12,13)9(14)5-8(16)6-1-3-7(4-2-6)15(17)18/h1-4,8-9,16H,5,14H2/p+1/t8-,9-/m1/s1. The van der Waals surface area contributed by atoms with Crippen molar-refractivity contribution in [3.8, 4) is 0 Å². The lowest BCUT2D eigenvalue weighted by Crippen LogP contribution is -2.67. The van der Waals surface area contributed by atoms with Gasteiger partial charge in [0.25, 0.3) is 5.69 Å². The van der Waals surface area contributed by atoms with E-state index in [4.69, 9.17) is 34.8 Å². The van der Waals surface area contributed by atoms with E-state index in [1.807, 2.05) is 0 Å². The molecule has 1 rings (SSSR count). The van der Waals surface area contributed by atoms with Gasteiger partial charge in [0.2, 0.25) is 3.79 Å². The van der Waals surface area contributed by atoms with Crippen molar-refractivity contribution in [2.45, 2.75) is 22.4 Å². The monoisotopic (exact) mass is 313 g/mol. The second-order valence-electron chi connectivity index (χ2n) is 3.84. The third-order valence-electron chi connectivity index (χ3n) is 2.46. The van der Waals surface area contributed by atoms with Crippen molar-refractivity contribution in [2.24, 2.45) is 0 Å². The summed E-state index contributed by atoms with van der Waals surface area (Å²) in [7, 11) is 0. The molecule has 0 aromatic heterocycles. The zero-order valence-corrected chi connectivity index (χ0v) is 11.5. The molecule has 0 saturated carbocycles. The number of hydrogen-bond acceptors (Lipinski definition) is 3. The summed E-state index contributed by atoms with van der Waals surface area (Å²) in [5.41, 5.74) is 4.13. The van der Waals surface area contributed by atoms with Gasteiger partial charge in [0, 0.05) is 18.6 Å². The van der Waals surface area contributed by atoms with Crippen molar-refractivity contribution in [2.75, 3.05) is 0 Å². The highest BCUT2D eigenvalue weighted by atomic mass is 35.6. The van der Waals surface area contributed by atoms with Crippen molar-refractivity contribution in [3.05, 3.63) is 39.9 Å². The maximum atomic E-state index is 10.5. The van der Waals surface area contributed by atoms with Crippen LogP contribution in [0.3, 0.4) is 0 Å². The Labute approximate surface area is 119 Å². The summed E-state index contributed by atoms with van der Waals surface area (Å²) in [6.07, 6.45) is -0.738. The molecule has 18 heavy (non-hydrogen) atoms. The lowest BCUT2D eigenvalue weighted by molar-refractivity contribution is -0.422. The lowest BCUT2D eigenvalue weighted by atomic mass is 10.0. The minimum absolute atomic E-state index is 0.0431. The van der Waals surface area contributed by atoms with Gasteiger partial charge < -0.3 is 10.8 Å². The average molecular weight is 315 g/mol. The third-order valence-corrected chi connectivity index (χ3v) is 3.39. The zero-order chi connectivity index (χ0) is 13.9. The van der Waals surface area contributed by atoms with Crippen LogP contribution in [0.15, 0.2) is 24.3 Å². The van der Waals surface area contributed by atoms with Crippen molar-refractivity contribution in [3.63, 3.8) is 0 Å². The van der Waals surface area contributed by atoms with Crippen molar-refractivity contribution >= 4 is 40.5 Å². The predicted molar refractivity (Wildman–Crippen MR) is 69.6 cm³/mol. The zero-order valence-electron chi connectivity index (χ0n) is 9.22. The summed E-state index contributed by atoms with van der Waals surface area (Å²) in [4.78, 5) is 9.96. The molecule has 100 valence electrons. The summed E-state index contributed by atoms with van der Waals surface area (Å²) in [6.45, 7) is 0. The van der Waals surface area contributed by atoms with Gasteiger partial charge in [-0.1, -0.05) is 34.8 Å². The fraction of sp³-hybridized carbons (Fsp3) is 0.400. The average Bonchev–Trinajstić information content (AvgIpc) is 2.27. The molecule has 2 atom stereocenters. The second-order valence-corrected chi connectivity index (χ2v) is 6.21. The number of halogens is 3. The Hall–Kier alpha value is -0.590. The van der Waals surface area contributed by atoms with Crippen molar-refractivity contribution in [1.82, 2.24) is 0 Å². The second kappa shape index (κ2) is 6.04. The SMILES string of the molecule is [NH3+][C@H](C[C@@H](O)c1ccc([N+](=O)[O-])cc1)C(Cl)(Cl)Cl. The molecule has 0 aliphatic carbocycles. The number of aliphatic hydroxyl groups excluding tert-OH is 1. The van der Waals surface area contributed by atoms with E-state index < -0.39 is 20.9 Å². The Kier molecular flexibility index (Phi) is 5.19. The van der Waals surface area contributed by atoms with E-state index in [2.05, 4.69) is 5.73 Å². The van der Waals surface area contributed by atoms with Crippen LogP contribution in [-0.2, 0) is 0 Å². The predicted octanol–water partition coefficient (Wildman–Crippen LogP) is 2.00. The topological polar surface area (TPSA) is 91.0 Å². The highest BCUT2D eigenvalue weighted by Crippen LogP contribution is 2.32. The molecule has 5 nitrogen and oxygen atoms in total. The summed E-state index contributed by atoms with van der Waals surface area (Å²) in [5, 5.41) is 20.4. The number of nitrogens with zero attached hydrogens (tertiary/aromatic N) is 1. The van der Waals surface area contributed by atoms with Crippen LogP contribution in [0.4, 0.5) is 5.69 Å². The van der Waals surface area contributed by atoms with Crippen molar-refractivity contribution < 1.29 is 15.8 Å². The first-order valence-electron chi connectivity index (χ1n) is 5.04. The molecule has 0 amide bonds. The van der Waals surface area contributed by atoms with E-state index >= 15 is 0 Å². The Morgan fingerprint density at radius 3 is 2.22 bits per heavy atom. The number of nitro benzene ring substituents is 1. The smallest absolute Gasteiger partial charge is 0.269 e. The van der Waals surface area contributed by atoms with E-state index in [0.717, 1.165) is 0 Å². The summed E-state index contributed by atoms with van der Waals surface area (Å²) >= 11 is 16.9. The maximum absolute atomic E-state index is 10.5. The van der Waals surface area contributed by atoms with E-state index in [9.17, 15) is 15.2 Å². The van der Waals surface area contributed by atoms with Crippen LogP contribution >= 0.6 is 34.8 Å². The third kappa shape index (κ3) is 4.26. The van der Waals surface area contributed by atoms with E-state index in [1.165, 1.54) is 24.3 Å². The molecule has 0 saturated heterocycles. The largest absolute Gasteiger partial charge is 0.388 e. The van der Waals surface area contributed by atoms with Gasteiger partial charge in [0.15, 0.2) is 0 Å². The fourth-order valence-electron chi connectivity index (χ4n) is 1.36. The molecule has 0 fully saturated rings. The molecule has 0 radical (unpaired) electrons. The Morgan fingerprint density at radius 1 is 1.33 bits per heavy atom. The normalized spacial score (nSPS) is 15.2. The number of alkyl halides is 3. The first kappa shape index (κ1) is 15.5. The Morgan fingerprint density at radius 2 is 1.83 bits per heavy atom. The van der Waals surface area contributed by atoms with Gasteiger partial charge in [-0.05, 0) is 17.7 Å².